The van der Waals surface area contributed by atoms with Crippen molar-refractivity contribution >= 4 is 89.6 Å². The number of nitrogens with zero attached hydrogens (tertiary/aromatic N) is 3. The Balaban J connectivity index is 1.23. The Morgan fingerprint density at radius 2 is 1.18 bits per heavy atom. The molecule has 0 amide bonds. The molecule has 6 aromatic carbocycles. The smallest absolute Gasteiger partial charge is 0.227 e. The van der Waals surface area contributed by atoms with Crippen LogP contribution in [0.1, 0.15) is 19.3 Å². The highest BCUT2D eigenvalue weighted by molar-refractivity contribution is 6.91. The monoisotopic (exact) mass is 629 g/mol. The molecule has 12 rings (SSSR count). The van der Waals surface area contributed by atoms with Crippen molar-refractivity contribution in [3.63, 3.8) is 0 Å². The first-order valence-electron chi connectivity index (χ1n) is 17.8. The third kappa shape index (κ3) is 3.30. The van der Waals surface area contributed by atoms with Crippen molar-refractivity contribution in [3.8, 4) is 0 Å². The molecule has 5 heterocycles. The lowest BCUT2D eigenvalue weighted by molar-refractivity contribution is 0.368. The molecule has 9 aromatic rings. The molecule has 0 saturated heterocycles. The van der Waals surface area contributed by atoms with E-state index < -0.39 is 0 Å². The van der Waals surface area contributed by atoms with E-state index in [0.29, 0.717) is 17.9 Å². The van der Waals surface area contributed by atoms with E-state index in [-0.39, 0.29) is 6.71 Å². The Labute approximate surface area is 284 Å². The number of hydrogen-bond acceptors (Lipinski definition) is 3. The summed E-state index contributed by atoms with van der Waals surface area (Å²) in [5.41, 5.74) is 11.5. The van der Waals surface area contributed by atoms with Gasteiger partial charge in [-0.1, -0.05) is 97.1 Å². The molecule has 2 aliphatic heterocycles. The van der Waals surface area contributed by atoms with E-state index >= 15 is 0 Å². The minimum atomic E-state index is 0.213. The summed E-state index contributed by atoms with van der Waals surface area (Å²) in [4.78, 5) is 5.30. The van der Waals surface area contributed by atoms with Crippen LogP contribution >= 0.6 is 0 Å². The van der Waals surface area contributed by atoms with Crippen molar-refractivity contribution in [1.29, 1.82) is 0 Å². The molecule has 3 unspecified atom stereocenters. The van der Waals surface area contributed by atoms with Gasteiger partial charge in [0.1, 0.15) is 5.58 Å². The summed E-state index contributed by atoms with van der Waals surface area (Å²) in [7, 11) is 0. The van der Waals surface area contributed by atoms with Crippen LogP contribution in [-0.2, 0) is 0 Å². The second kappa shape index (κ2) is 9.48. The summed E-state index contributed by atoms with van der Waals surface area (Å²) in [6.45, 7) is 0.213. The molecule has 3 aliphatic rings. The fourth-order valence-electron chi connectivity index (χ4n) is 10.4. The molecular weight excluding hydrogens is 597 g/mol. The van der Waals surface area contributed by atoms with Crippen LogP contribution in [-0.4, -0.2) is 23.2 Å². The predicted molar refractivity (Wildman–Crippen MR) is 205 cm³/mol. The number of para-hydroxylation sites is 5. The number of aromatic nitrogens is 1. The van der Waals surface area contributed by atoms with Crippen molar-refractivity contribution in [2.45, 2.75) is 37.2 Å². The highest BCUT2D eigenvalue weighted by atomic mass is 16.4. The molecule has 1 aliphatic carbocycles. The van der Waals surface area contributed by atoms with E-state index in [0.717, 1.165) is 24.3 Å². The average molecular weight is 630 g/mol. The zero-order chi connectivity index (χ0) is 31.8. The van der Waals surface area contributed by atoms with Crippen LogP contribution in [0.2, 0.25) is 5.82 Å². The van der Waals surface area contributed by atoms with Gasteiger partial charge in [-0.05, 0) is 78.5 Å². The van der Waals surface area contributed by atoms with Crippen LogP contribution in [0.25, 0.3) is 49.1 Å². The SMILES string of the molecule is c1ccc(N2c3cc4c(cc3B3c5c(oc6ccccc56)N(c5ccccc5)C5CCCC2C35)c2cccc3c5ccccc5n4c32)cc1. The maximum Gasteiger partial charge on any atom is 0.227 e. The molecular formula is C44H32BN3O. The van der Waals surface area contributed by atoms with Crippen LogP contribution < -0.4 is 20.7 Å². The van der Waals surface area contributed by atoms with Gasteiger partial charge in [0.15, 0.2) is 5.88 Å². The quantitative estimate of drug-likeness (QED) is 0.178. The van der Waals surface area contributed by atoms with Gasteiger partial charge >= 0.3 is 0 Å². The topological polar surface area (TPSA) is 24.0 Å². The number of rotatable bonds is 2. The summed E-state index contributed by atoms with van der Waals surface area (Å²) in [5.74, 6) is 1.41. The third-order valence-electron chi connectivity index (χ3n) is 12.1. The van der Waals surface area contributed by atoms with Crippen molar-refractivity contribution in [1.82, 2.24) is 4.40 Å². The van der Waals surface area contributed by atoms with E-state index in [1.807, 2.05) is 0 Å². The number of fused-ring (bicyclic) bond motifs is 12. The Morgan fingerprint density at radius 3 is 1.98 bits per heavy atom. The van der Waals surface area contributed by atoms with Gasteiger partial charge < -0.3 is 18.6 Å². The maximum atomic E-state index is 6.96. The maximum absolute atomic E-state index is 6.96. The van der Waals surface area contributed by atoms with Crippen LogP contribution in [0.3, 0.4) is 0 Å². The van der Waals surface area contributed by atoms with Gasteiger partial charge in [-0.25, -0.2) is 0 Å². The first-order valence-corrected chi connectivity index (χ1v) is 17.8. The molecule has 1 saturated carbocycles. The summed E-state index contributed by atoms with van der Waals surface area (Å²) < 4.78 is 9.49. The first kappa shape index (κ1) is 26.3. The average Bonchev–Trinajstić information content (AvgIpc) is 3.82. The molecule has 232 valence electrons. The summed E-state index contributed by atoms with van der Waals surface area (Å²) in [5, 5.41) is 6.56. The predicted octanol–water partition coefficient (Wildman–Crippen LogP) is 9.79. The number of benzene rings is 6. The summed E-state index contributed by atoms with van der Waals surface area (Å²) >= 11 is 0. The molecule has 0 radical (unpaired) electrons. The van der Waals surface area contributed by atoms with E-state index in [1.54, 1.807) is 0 Å². The lowest BCUT2D eigenvalue weighted by atomic mass is 9.27. The van der Waals surface area contributed by atoms with Gasteiger partial charge in [-0.2, -0.15) is 0 Å². The highest BCUT2D eigenvalue weighted by Gasteiger charge is 2.56. The van der Waals surface area contributed by atoms with Gasteiger partial charge in [-0.15, -0.1) is 0 Å². The summed E-state index contributed by atoms with van der Waals surface area (Å²) in [6, 6.07) is 52.4. The van der Waals surface area contributed by atoms with Crippen molar-refractivity contribution in [2.75, 3.05) is 9.80 Å². The molecule has 0 N–H and O–H groups in total. The molecule has 49 heavy (non-hydrogen) atoms. The zero-order valence-electron chi connectivity index (χ0n) is 27.0. The standard InChI is InChI=1S/C44H32BN3O/c1-3-13-27(14-4-1)46-36-22-12-23-37-42(36)45(41-32-18-8-10-24-40(32)49-44(41)47(37)28-15-5-2-6-16-28)34-25-33-31-20-11-19-30-29-17-7-9-21-35(29)48(43(30)31)38(33)26-39(34)46/h1-11,13-21,24-26,36-37,42H,12,22-23H2. The summed E-state index contributed by atoms with van der Waals surface area (Å²) in [6.07, 6.45) is 3.48. The number of hydrogen-bond donors (Lipinski definition) is 0. The molecule has 3 aromatic heterocycles. The number of anilines is 4. The van der Waals surface area contributed by atoms with E-state index in [9.17, 15) is 0 Å². The second-order valence-corrected chi connectivity index (χ2v) is 14.3. The molecule has 0 bridgehead atoms. The van der Waals surface area contributed by atoms with E-state index in [2.05, 4.69) is 154 Å². The number of furan rings is 1. The van der Waals surface area contributed by atoms with Crippen LogP contribution in [0.4, 0.5) is 22.9 Å². The van der Waals surface area contributed by atoms with Crippen molar-refractivity contribution in [3.05, 3.63) is 140 Å². The first-order chi connectivity index (χ1) is 24.3. The Hall–Kier alpha value is -5.68. The highest BCUT2D eigenvalue weighted by Crippen LogP contribution is 2.53. The molecule has 5 heteroatoms. The molecule has 1 fully saturated rings. The van der Waals surface area contributed by atoms with Crippen LogP contribution in [0, 0.1) is 0 Å². The van der Waals surface area contributed by atoms with Crippen LogP contribution in [0.15, 0.2) is 144 Å². The van der Waals surface area contributed by atoms with E-state index in [1.165, 1.54) is 77.9 Å². The van der Waals surface area contributed by atoms with Crippen molar-refractivity contribution in [2.24, 2.45) is 0 Å². The second-order valence-electron chi connectivity index (χ2n) is 14.3. The largest absolute Gasteiger partial charge is 0.441 e. The van der Waals surface area contributed by atoms with E-state index in [4.69, 9.17) is 4.42 Å². The van der Waals surface area contributed by atoms with Gasteiger partial charge in [-0.3, -0.25) is 0 Å². The molecule has 4 nitrogen and oxygen atoms in total. The Kier molecular flexibility index (Phi) is 5.09. The Bertz CT molecular complexity index is 2750. The van der Waals surface area contributed by atoms with Crippen molar-refractivity contribution < 1.29 is 4.42 Å². The zero-order valence-corrected chi connectivity index (χ0v) is 27.0. The fraction of sp³-hybridized carbons (Fsp3) is 0.136. The van der Waals surface area contributed by atoms with Gasteiger partial charge in [0.05, 0.1) is 16.6 Å². The van der Waals surface area contributed by atoms with Gasteiger partial charge in [0, 0.05) is 56.1 Å². The van der Waals surface area contributed by atoms with Crippen LogP contribution in [0.5, 0.6) is 0 Å². The lowest BCUT2D eigenvalue weighted by Gasteiger charge is -2.56. The van der Waals surface area contributed by atoms with Gasteiger partial charge in [0.25, 0.3) is 0 Å². The fourth-order valence-corrected chi connectivity index (χ4v) is 10.4. The minimum Gasteiger partial charge on any atom is -0.441 e. The molecule has 0 spiro atoms. The third-order valence-corrected chi connectivity index (χ3v) is 12.1. The lowest BCUT2D eigenvalue weighted by Crippen LogP contribution is -2.68. The molecule has 3 atom stereocenters. The Morgan fingerprint density at radius 1 is 0.551 bits per heavy atom. The normalized spacial score (nSPS) is 20.1. The van der Waals surface area contributed by atoms with Gasteiger partial charge in [0.2, 0.25) is 6.71 Å². The minimum absolute atomic E-state index is 0.213.